The fraction of sp³-hybridized carbons (Fsp3) is 0.0769. The van der Waals surface area contributed by atoms with Crippen molar-refractivity contribution in [1.29, 1.82) is 5.26 Å². The van der Waals surface area contributed by atoms with E-state index in [-0.39, 0.29) is 0 Å². The molecule has 0 atom stereocenters. The maximum atomic E-state index is 8.78. The number of ether oxygens (including phenoxy) is 1. The van der Waals surface area contributed by atoms with Gasteiger partial charge in [-0.2, -0.15) is 5.26 Å². The minimum Gasteiger partial charge on any atom is -0.473 e. The van der Waals surface area contributed by atoms with Crippen molar-refractivity contribution in [3.63, 3.8) is 0 Å². The summed E-state index contributed by atoms with van der Waals surface area (Å²) in [7, 11) is 0. The van der Waals surface area contributed by atoms with Crippen molar-refractivity contribution in [2.24, 2.45) is 0 Å². The Bertz CT molecular complexity index is 610. The van der Waals surface area contributed by atoms with Gasteiger partial charge in [0.15, 0.2) is 0 Å². The second-order valence-electron chi connectivity index (χ2n) is 3.51. The number of pyridine rings is 1. The maximum Gasteiger partial charge on any atom is 0.214 e. The SMILES string of the molecule is N#Cc1ccc(COc2cccc(Cl)n2)c(I)c1. The molecule has 1 heterocycles. The van der Waals surface area contributed by atoms with Gasteiger partial charge in [-0.3, -0.25) is 0 Å². The molecule has 0 saturated carbocycles. The van der Waals surface area contributed by atoms with Gasteiger partial charge in [0.1, 0.15) is 11.8 Å². The minimum atomic E-state index is 0.400. The molecule has 1 aromatic carbocycles. The zero-order valence-electron chi connectivity index (χ0n) is 9.23. The molecule has 5 heteroatoms. The van der Waals surface area contributed by atoms with E-state index in [0.717, 1.165) is 9.13 Å². The lowest BCUT2D eigenvalue weighted by atomic mass is 10.2. The van der Waals surface area contributed by atoms with Crippen LogP contribution in [0.3, 0.4) is 0 Å². The van der Waals surface area contributed by atoms with Crippen LogP contribution in [0, 0.1) is 14.9 Å². The smallest absolute Gasteiger partial charge is 0.214 e. The van der Waals surface area contributed by atoms with E-state index in [1.807, 2.05) is 12.1 Å². The van der Waals surface area contributed by atoms with Crippen LogP contribution in [0.1, 0.15) is 11.1 Å². The van der Waals surface area contributed by atoms with Crippen molar-refractivity contribution in [2.75, 3.05) is 0 Å². The van der Waals surface area contributed by atoms with Crippen molar-refractivity contribution < 1.29 is 4.74 Å². The third-order valence-corrected chi connectivity index (χ3v) is 3.46. The molecule has 0 unspecified atom stereocenters. The van der Waals surface area contributed by atoms with Crippen LogP contribution in [-0.2, 0) is 6.61 Å². The zero-order valence-corrected chi connectivity index (χ0v) is 12.1. The number of hydrogen-bond acceptors (Lipinski definition) is 3. The van der Waals surface area contributed by atoms with Crippen molar-refractivity contribution in [2.45, 2.75) is 6.61 Å². The second-order valence-corrected chi connectivity index (χ2v) is 5.05. The predicted octanol–water partition coefficient (Wildman–Crippen LogP) is 3.79. The highest BCUT2D eigenvalue weighted by Gasteiger charge is 2.03. The lowest BCUT2D eigenvalue weighted by Crippen LogP contribution is -1.99. The summed E-state index contributed by atoms with van der Waals surface area (Å²) in [5, 5.41) is 9.19. The molecule has 3 nitrogen and oxygen atoms in total. The lowest BCUT2D eigenvalue weighted by Gasteiger charge is -2.07. The molecule has 2 aromatic rings. The van der Waals surface area contributed by atoms with Gasteiger partial charge in [-0.15, -0.1) is 0 Å². The van der Waals surface area contributed by atoms with Crippen molar-refractivity contribution >= 4 is 34.2 Å². The molecule has 0 amide bonds. The van der Waals surface area contributed by atoms with Gasteiger partial charge in [0.05, 0.1) is 11.6 Å². The van der Waals surface area contributed by atoms with Crippen LogP contribution >= 0.6 is 34.2 Å². The van der Waals surface area contributed by atoms with Gasteiger partial charge in [-0.25, -0.2) is 4.98 Å². The Morgan fingerprint density at radius 3 is 2.83 bits per heavy atom. The topological polar surface area (TPSA) is 45.9 Å². The van der Waals surface area contributed by atoms with E-state index < -0.39 is 0 Å². The summed E-state index contributed by atoms with van der Waals surface area (Å²) < 4.78 is 6.54. The highest BCUT2D eigenvalue weighted by molar-refractivity contribution is 14.1. The summed E-state index contributed by atoms with van der Waals surface area (Å²) in [5.74, 6) is 0.489. The molecule has 2 rings (SSSR count). The number of aromatic nitrogens is 1. The Morgan fingerprint density at radius 1 is 1.33 bits per heavy atom. The Morgan fingerprint density at radius 2 is 2.17 bits per heavy atom. The third kappa shape index (κ3) is 3.34. The van der Waals surface area contributed by atoms with Crippen LogP contribution < -0.4 is 4.74 Å². The molecule has 0 aliphatic rings. The first-order valence-electron chi connectivity index (χ1n) is 5.13. The summed E-state index contributed by atoms with van der Waals surface area (Å²) in [6, 6.07) is 12.8. The Labute approximate surface area is 124 Å². The molecule has 0 fully saturated rings. The number of benzene rings is 1. The summed E-state index contributed by atoms with van der Waals surface area (Å²) in [6.07, 6.45) is 0. The van der Waals surface area contributed by atoms with Gasteiger partial charge >= 0.3 is 0 Å². The van der Waals surface area contributed by atoms with Crippen molar-refractivity contribution in [3.05, 3.63) is 56.2 Å². The van der Waals surface area contributed by atoms with Crippen LogP contribution in [0.5, 0.6) is 5.88 Å². The van der Waals surface area contributed by atoms with Gasteiger partial charge in [-0.1, -0.05) is 23.7 Å². The first-order valence-corrected chi connectivity index (χ1v) is 6.58. The van der Waals surface area contributed by atoms with Crippen LogP contribution in [0.15, 0.2) is 36.4 Å². The molecule has 1 aromatic heterocycles. The molecule has 0 N–H and O–H groups in total. The second kappa shape index (κ2) is 6.03. The van der Waals surface area contributed by atoms with E-state index in [2.05, 4.69) is 33.6 Å². The summed E-state index contributed by atoms with van der Waals surface area (Å²) >= 11 is 7.95. The molecule has 0 radical (unpaired) electrons. The van der Waals surface area contributed by atoms with Gasteiger partial charge in [-0.05, 0) is 40.8 Å². The molecule has 0 bridgehead atoms. The third-order valence-electron chi connectivity index (χ3n) is 2.25. The summed E-state index contributed by atoms with van der Waals surface area (Å²) in [6.45, 7) is 0.400. The largest absolute Gasteiger partial charge is 0.473 e. The molecule has 0 spiro atoms. The molecular weight excluding hydrogens is 363 g/mol. The van der Waals surface area contributed by atoms with E-state index in [9.17, 15) is 0 Å². The summed E-state index contributed by atoms with van der Waals surface area (Å²) in [5.41, 5.74) is 1.65. The van der Waals surface area contributed by atoms with E-state index in [1.54, 1.807) is 24.3 Å². The van der Waals surface area contributed by atoms with E-state index >= 15 is 0 Å². The number of halogens is 2. The van der Waals surface area contributed by atoms with Gasteiger partial charge in [0, 0.05) is 15.2 Å². The Kier molecular flexibility index (Phi) is 4.39. The monoisotopic (exact) mass is 370 g/mol. The number of nitrogens with zero attached hydrogens (tertiary/aromatic N) is 2. The molecule has 90 valence electrons. The zero-order chi connectivity index (χ0) is 13.0. The Balaban J connectivity index is 2.09. The molecule has 0 aliphatic heterocycles. The Hall–Kier alpha value is -1.32. The van der Waals surface area contributed by atoms with Crippen LogP contribution in [-0.4, -0.2) is 4.98 Å². The predicted molar refractivity (Wildman–Crippen MR) is 77.5 cm³/mol. The summed E-state index contributed by atoms with van der Waals surface area (Å²) in [4.78, 5) is 4.04. The number of nitriles is 1. The lowest BCUT2D eigenvalue weighted by molar-refractivity contribution is 0.293. The van der Waals surface area contributed by atoms with Crippen LogP contribution in [0.25, 0.3) is 0 Å². The molecule has 0 aliphatic carbocycles. The fourth-order valence-electron chi connectivity index (χ4n) is 1.36. The van der Waals surface area contributed by atoms with Crippen molar-refractivity contribution in [3.8, 4) is 11.9 Å². The highest BCUT2D eigenvalue weighted by Crippen LogP contribution is 2.17. The molecule has 0 saturated heterocycles. The standard InChI is InChI=1S/C13H8ClIN2O/c14-12-2-1-3-13(17-12)18-8-10-5-4-9(7-16)6-11(10)15/h1-6H,8H2. The minimum absolute atomic E-state index is 0.400. The maximum absolute atomic E-state index is 8.78. The molecule has 18 heavy (non-hydrogen) atoms. The number of rotatable bonds is 3. The van der Waals surface area contributed by atoms with E-state index in [0.29, 0.717) is 23.2 Å². The van der Waals surface area contributed by atoms with E-state index in [4.69, 9.17) is 21.6 Å². The fourth-order valence-corrected chi connectivity index (χ4v) is 2.18. The average Bonchev–Trinajstić information content (AvgIpc) is 2.37. The van der Waals surface area contributed by atoms with Crippen LogP contribution in [0.2, 0.25) is 5.15 Å². The normalized spacial score (nSPS) is 9.83. The first kappa shape index (κ1) is 13.1. The van der Waals surface area contributed by atoms with Gasteiger partial charge in [0.25, 0.3) is 0 Å². The van der Waals surface area contributed by atoms with Gasteiger partial charge < -0.3 is 4.74 Å². The van der Waals surface area contributed by atoms with Crippen molar-refractivity contribution in [1.82, 2.24) is 4.98 Å². The number of hydrogen-bond donors (Lipinski definition) is 0. The van der Waals surface area contributed by atoms with E-state index in [1.165, 1.54) is 0 Å². The van der Waals surface area contributed by atoms with Gasteiger partial charge in [0.2, 0.25) is 5.88 Å². The van der Waals surface area contributed by atoms with Crippen LogP contribution in [0.4, 0.5) is 0 Å². The first-order chi connectivity index (χ1) is 8.69. The molecular formula is C13H8ClIN2O. The highest BCUT2D eigenvalue weighted by atomic mass is 127. The average molecular weight is 371 g/mol. The quantitative estimate of drug-likeness (QED) is 0.610.